The molecule has 6 nitrogen and oxygen atoms in total. The van der Waals surface area contributed by atoms with Crippen LogP contribution in [-0.4, -0.2) is 25.3 Å². The van der Waals surface area contributed by atoms with Gasteiger partial charge in [0.1, 0.15) is 5.75 Å². The first-order valence-electron chi connectivity index (χ1n) is 4.30. The third-order valence-corrected chi connectivity index (χ3v) is 3.69. The van der Waals surface area contributed by atoms with Gasteiger partial charge in [-0.1, -0.05) is 5.04 Å². The molecule has 96 valence electrons. The minimum absolute atomic E-state index is 0.0298. The zero-order valence-electron chi connectivity index (χ0n) is 8.41. The molecule has 0 atom stereocenters. The van der Waals surface area contributed by atoms with Gasteiger partial charge in [0.25, 0.3) is 0 Å². The van der Waals surface area contributed by atoms with Crippen molar-refractivity contribution in [1.82, 2.24) is 0 Å². The number of alkyl halides is 1. The fourth-order valence-electron chi connectivity index (χ4n) is 0.888. The van der Waals surface area contributed by atoms with Crippen LogP contribution in [0.25, 0.3) is 0 Å². The van der Waals surface area contributed by atoms with E-state index in [4.69, 9.17) is 21.0 Å². The molecule has 1 rings (SSSR count). The van der Waals surface area contributed by atoms with E-state index in [-0.39, 0.29) is 17.4 Å². The Morgan fingerprint density at radius 1 is 1.29 bits per heavy atom. The van der Waals surface area contributed by atoms with Crippen molar-refractivity contribution < 1.29 is 27.2 Å². The molecule has 0 aliphatic carbocycles. The molecule has 0 amide bonds. The smallest absolute Gasteiger partial charge is 0.310 e. The molecule has 9 heteroatoms. The molecule has 1 N–H and O–H groups in total. The summed E-state index contributed by atoms with van der Waals surface area (Å²) in [5.74, 6) is -0.117. The van der Waals surface area contributed by atoms with E-state index in [0.29, 0.717) is 4.90 Å². The Morgan fingerprint density at radius 3 is 2.47 bits per heavy atom. The Labute approximate surface area is 108 Å². The van der Waals surface area contributed by atoms with Gasteiger partial charge in [-0.2, -0.15) is 8.42 Å². The summed E-state index contributed by atoms with van der Waals surface area (Å²) in [6.07, 6.45) is 0. The molecule has 0 bridgehead atoms. The van der Waals surface area contributed by atoms with E-state index < -0.39 is 10.1 Å². The van der Waals surface area contributed by atoms with E-state index in [0.717, 1.165) is 12.0 Å². The van der Waals surface area contributed by atoms with E-state index in [1.54, 1.807) is 0 Å². The fraction of sp³-hybridized carbons (Fsp3) is 0.250. The van der Waals surface area contributed by atoms with Gasteiger partial charge in [-0.15, -0.1) is 15.9 Å². The molecule has 0 spiro atoms. The molecule has 0 saturated carbocycles. The van der Waals surface area contributed by atoms with Gasteiger partial charge in [0.15, 0.2) is 0 Å². The van der Waals surface area contributed by atoms with Crippen LogP contribution in [0, 0.1) is 0 Å². The first-order valence-corrected chi connectivity index (χ1v) is 7.15. The van der Waals surface area contributed by atoms with Gasteiger partial charge in [-0.25, -0.2) is 5.26 Å². The summed E-state index contributed by atoms with van der Waals surface area (Å²) in [6, 6.07) is 5.95. The van der Waals surface area contributed by atoms with Crippen molar-refractivity contribution in [2.24, 2.45) is 0 Å². The maximum absolute atomic E-state index is 11.3. The molecule has 1 aromatic rings. The van der Waals surface area contributed by atoms with Crippen molar-refractivity contribution in [3.63, 3.8) is 0 Å². The van der Waals surface area contributed by atoms with Gasteiger partial charge in [0.05, 0.1) is 17.8 Å². The second-order valence-electron chi connectivity index (χ2n) is 2.73. The zero-order valence-corrected chi connectivity index (χ0v) is 10.8. The maximum Gasteiger partial charge on any atom is 0.310 e. The standard InChI is InChI=1S/C8H9ClO6S2/c9-5-6-17(11,12)13-7-1-3-8(4-2-7)16-15-14-10/h1-4,10H,5-6H2. The summed E-state index contributed by atoms with van der Waals surface area (Å²) < 4.78 is 31.5. The molecule has 0 aromatic heterocycles. The van der Waals surface area contributed by atoms with Gasteiger partial charge in [0, 0.05) is 10.8 Å². The van der Waals surface area contributed by atoms with Crippen molar-refractivity contribution in [2.45, 2.75) is 4.90 Å². The van der Waals surface area contributed by atoms with Gasteiger partial charge < -0.3 is 4.18 Å². The van der Waals surface area contributed by atoms with Crippen molar-refractivity contribution in [3.8, 4) is 5.75 Å². The summed E-state index contributed by atoms with van der Waals surface area (Å²) in [4.78, 5) is 0.598. The molecule has 1 aromatic carbocycles. The molecule has 0 aliphatic heterocycles. The lowest BCUT2D eigenvalue weighted by atomic mass is 10.3. The maximum atomic E-state index is 11.3. The Hall–Kier alpha value is -0.510. The number of rotatable bonds is 7. The van der Waals surface area contributed by atoms with Gasteiger partial charge in [-0.3, -0.25) is 0 Å². The van der Waals surface area contributed by atoms with Gasteiger partial charge >= 0.3 is 10.1 Å². The van der Waals surface area contributed by atoms with Gasteiger partial charge in [-0.05, 0) is 24.3 Å². The van der Waals surface area contributed by atoms with Crippen LogP contribution in [0.2, 0.25) is 0 Å². The Morgan fingerprint density at radius 2 is 1.94 bits per heavy atom. The predicted molar refractivity (Wildman–Crippen MR) is 62.2 cm³/mol. The fourth-order valence-corrected chi connectivity index (χ4v) is 2.49. The van der Waals surface area contributed by atoms with Crippen molar-refractivity contribution in [1.29, 1.82) is 0 Å². The molecular weight excluding hydrogens is 292 g/mol. The topological polar surface area (TPSA) is 82.1 Å². The highest BCUT2D eigenvalue weighted by atomic mass is 35.5. The lowest BCUT2D eigenvalue weighted by Crippen LogP contribution is -2.14. The van der Waals surface area contributed by atoms with Crippen molar-refractivity contribution >= 4 is 33.8 Å². The molecule has 0 fully saturated rings. The van der Waals surface area contributed by atoms with Crippen LogP contribution >= 0.6 is 23.6 Å². The van der Waals surface area contributed by atoms with E-state index in [1.165, 1.54) is 24.3 Å². The SMILES string of the molecule is O=S(=O)(CCCl)Oc1ccc(SOOO)cc1. The van der Waals surface area contributed by atoms with Crippen LogP contribution in [0.5, 0.6) is 5.75 Å². The average molecular weight is 301 g/mol. The third kappa shape index (κ3) is 5.57. The second kappa shape index (κ2) is 7.04. The minimum atomic E-state index is -3.65. The normalized spacial score (nSPS) is 11.4. The summed E-state index contributed by atoms with van der Waals surface area (Å²) in [5.41, 5.74) is 0. The zero-order chi connectivity index (χ0) is 12.7. The van der Waals surface area contributed by atoms with E-state index in [2.05, 4.69) is 9.37 Å². The lowest BCUT2D eigenvalue weighted by Gasteiger charge is -2.05. The number of benzene rings is 1. The Bertz CT molecular complexity index is 432. The van der Waals surface area contributed by atoms with Crippen LogP contribution in [0.3, 0.4) is 0 Å². The molecular formula is C8H9ClO6S2. The van der Waals surface area contributed by atoms with Crippen LogP contribution in [0.15, 0.2) is 29.2 Å². The highest BCUT2D eigenvalue weighted by molar-refractivity contribution is 7.94. The van der Waals surface area contributed by atoms with E-state index in [1.807, 2.05) is 0 Å². The van der Waals surface area contributed by atoms with Crippen LogP contribution in [0.1, 0.15) is 0 Å². The van der Waals surface area contributed by atoms with Crippen LogP contribution in [0.4, 0.5) is 0 Å². The van der Waals surface area contributed by atoms with E-state index >= 15 is 0 Å². The number of hydrogen-bond donors (Lipinski definition) is 1. The average Bonchev–Trinajstić information content (AvgIpc) is 2.27. The molecule has 17 heavy (non-hydrogen) atoms. The van der Waals surface area contributed by atoms with E-state index in [9.17, 15) is 8.42 Å². The predicted octanol–water partition coefficient (Wildman–Crippen LogP) is 2.06. The Balaban J connectivity index is 2.62. The summed E-state index contributed by atoms with van der Waals surface area (Å²) in [7, 11) is -3.65. The molecule has 0 saturated heterocycles. The first kappa shape index (κ1) is 14.6. The summed E-state index contributed by atoms with van der Waals surface area (Å²) in [6.45, 7) is 0. The van der Waals surface area contributed by atoms with Crippen molar-refractivity contribution in [2.75, 3.05) is 11.6 Å². The number of hydrogen-bond acceptors (Lipinski definition) is 7. The van der Waals surface area contributed by atoms with Crippen molar-refractivity contribution in [3.05, 3.63) is 24.3 Å². The minimum Gasteiger partial charge on any atom is -0.382 e. The van der Waals surface area contributed by atoms with Crippen LogP contribution in [-0.2, 0) is 19.5 Å². The summed E-state index contributed by atoms with van der Waals surface area (Å²) in [5, 5.41) is 11.3. The molecule has 0 unspecified atom stereocenters. The molecule has 0 radical (unpaired) electrons. The lowest BCUT2D eigenvalue weighted by molar-refractivity contribution is -0.432. The largest absolute Gasteiger partial charge is 0.382 e. The third-order valence-electron chi connectivity index (χ3n) is 1.53. The second-order valence-corrected chi connectivity index (χ2v) is 5.57. The van der Waals surface area contributed by atoms with Crippen LogP contribution < -0.4 is 4.18 Å². The first-order chi connectivity index (χ1) is 8.07. The summed E-state index contributed by atoms with van der Waals surface area (Å²) >= 11 is 6.08. The Kier molecular flexibility index (Phi) is 6.03. The highest BCUT2D eigenvalue weighted by Gasteiger charge is 2.11. The quantitative estimate of drug-likeness (QED) is 0.271. The molecule has 0 aliphatic rings. The molecule has 0 heterocycles. The monoisotopic (exact) mass is 300 g/mol. The van der Waals surface area contributed by atoms with Gasteiger partial charge in [0.2, 0.25) is 0 Å². The number of halogens is 1. The highest BCUT2D eigenvalue weighted by Crippen LogP contribution is 2.22.